The molecule has 5 nitrogen and oxygen atoms in total. The second-order valence-corrected chi connectivity index (χ2v) is 6.59. The van der Waals surface area contributed by atoms with Crippen LogP contribution < -0.4 is 8.92 Å². The lowest BCUT2D eigenvalue weighted by atomic mass is 10.2. The van der Waals surface area contributed by atoms with E-state index in [1.807, 2.05) is 6.92 Å². The van der Waals surface area contributed by atoms with Gasteiger partial charge in [0, 0.05) is 6.61 Å². The van der Waals surface area contributed by atoms with Crippen molar-refractivity contribution < 1.29 is 35.2 Å². The van der Waals surface area contributed by atoms with E-state index < -0.39 is 27.6 Å². The first-order chi connectivity index (χ1) is 12.2. The number of hydrogen-bond acceptors (Lipinski definition) is 5. The summed E-state index contributed by atoms with van der Waals surface area (Å²) in [5, 5.41) is 0. The van der Waals surface area contributed by atoms with E-state index in [-0.39, 0.29) is 11.5 Å². The Labute approximate surface area is 149 Å². The molecule has 26 heavy (non-hydrogen) atoms. The molecular weight excluding hydrogens is 373 g/mol. The van der Waals surface area contributed by atoms with E-state index in [4.69, 9.17) is 9.47 Å². The van der Waals surface area contributed by atoms with Gasteiger partial charge in [0.15, 0.2) is 5.75 Å². The molecule has 0 heterocycles. The maximum atomic E-state index is 13.0. The third kappa shape index (κ3) is 5.37. The van der Waals surface area contributed by atoms with E-state index in [9.17, 15) is 21.6 Å². The topological polar surface area (TPSA) is 61.8 Å². The second kappa shape index (κ2) is 8.41. The molecule has 0 aliphatic rings. The van der Waals surface area contributed by atoms with Gasteiger partial charge < -0.3 is 13.7 Å². The molecule has 0 fully saturated rings. The minimum absolute atomic E-state index is 0.286. The summed E-state index contributed by atoms with van der Waals surface area (Å²) in [6.45, 7) is 3.07. The van der Waals surface area contributed by atoms with Gasteiger partial charge in [0.1, 0.15) is 17.3 Å². The minimum Gasteiger partial charge on any atom is -0.491 e. The summed E-state index contributed by atoms with van der Waals surface area (Å²) in [4.78, 5) is -0.286. The Morgan fingerprint density at radius 1 is 0.962 bits per heavy atom. The summed E-state index contributed by atoms with van der Waals surface area (Å²) in [7, 11) is -4.42. The van der Waals surface area contributed by atoms with E-state index >= 15 is 0 Å². The standard InChI is InChI=1S/C17H17F3O5S/c1-2-23-11-12-24-13-7-9-14(10-8-13)26(21,22)25-16-6-4-3-5-15(16)17(18,19)20/h3-10H,2,11-12H2,1H3. The van der Waals surface area contributed by atoms with Gasteiger partial charge in [0.2, 0.25) is 0 Å². The Morgan fingerprint density at radius 2 is 1.62 bits per heavy atom. The lowest BCUT2D eigenvalue weighted by Crippen LogP contribution is -2.14. The van der Waals surface area contributed by atoms with Crippen LogP contribution in [0.2, 0.25) is 0 Å². The fourth-order valence-electron chi connectivity index (χ4n) is 2.01. The first kappa shape index (κ1) is 20.1. The number of hydrogen-bond donors (Lipinski definition) is 0. The zero-order valence-electron chi connectivity index (χ0n) is 13.8. The maximum absolute atomic E-state index is 13.0. The van der Waals surface area contributed by atoms with Gasteiger partial charge >= 0.3 is 16.3 Å². The molecule has 2 rings (SSSR count). The number of alkyl halides is 3. The highest BCUT2D eigenvalue weighted by atomic mass is 32.2. The highest BCUT2D eigenvalue weighted by Gasteiger charge is 2.35. The van der Waals surface area contributed by atoms with Crippen molar-refractivity contribution in [3.8, 4) is 11.5 Å². The van der Waals surface area contributed by atoms with Gasteiger partial charge in [0.25, 0.3) is 0 Å². The van der Waals surface area contributed by atoms with Gasteiger partial charge in [-0.15, -0.1) is 0 Å². The third-order valence-corrected chi connectivity index (χ3v) is 4.45. The quantitative estimate of drug-likeness (QED) is 0.506. The zero-order valence-corrected chi connectivity index (χ0v) is 14.6. The van der Waals surface area contributed by atoms with Gasteiger partial charge in [-0.3, -0.25) is 0 Å². The Bertz CT molecular complexity index is 817. The molecule has 0 radical (unpaired) electrons. The van der Waals surface area contributed by atoms with Crippen LogP contribution in [-0.2, 0) is 21.0 Å². The van der Waals surface area contributed by atoms with Gasteiger partial charge in [-0.1, -0.05) is 12.1 Å². The predicted octanol–water partition coefficient (Wildman–Crippen LogP) is 3.89. The maximum Gasteiger partial charge on any atom is 0.420 e. The fraction of sp³-hybridized carbons (Fsp3) is 0.294. The Kier molecular flexibility index (Phi) is 6.49. The Hall–Kier alpha value is -2.26. The molecule has 2 aromatic carbocycles. The molecule has 0 spiro atoms. The number of para-hydroxylation sites is 1. The van der Waals surface area contributed by atoms with Crippen LogP contribution in [0.5, 0.6) is 11.5 Å². The molecule has 0 saturated heterocycles. The van der Waals surface area contributed by atoms with Gasteiger partial charge in [-0.05, 0) is 43.3 Å². The highest BCUT2D eigenvalue weighted by Crippen LogP contribution is 2.37. The first-order valence-corrected chi connectivity index (χ1v) is 9.06. The van der Waals surface area contributed by atoms with Crippen LogP contribution in [0.3, 0.4) is 0 Å². The van der Waals surface area contributed by atoms with Gasteiger partial charge in [-0.2, -0.15) is 21.6 Å². The molecule has 0 bridgehead atoms. The average Bonchev–Trinajstić information content (AvgIpc) is 2.58. The number of halogens is 3. The average molecular weight is 390 g/mol. The van der Waals surface area contributed by atoms with Crippen LogP contribution in [0.1, 0.15) is 12.5 Å². The van der Waals surface area contributed by atoms with E-state index in [2.05, 4.69) is 4.18 Å². The molecule has 0 amide bonds. The molecule has 0 aliphatic carbocycles. The third-order valence-electron chi connectivity index (χ3n) is 3.20. The smallest absolute Gasteiger partial charge is 0.420 e. The van der Waals surface area contributed by atoms with Gasteiger partial charge in [0.05, 0.1) is 12.2 Å². The first-order valence-electron chi connectivity index (χ1n) is 7.65. The van der Waals surface area contributed by atoms with Crippen LogP contribution in [0.4, 0.5) is 13.2 Å². The van der Waals surface area contributed by atoms with E-state index in [1.54, 1.807) is 0 Å². The number of ether oxygens (including phenoxy) is 2. The van der Waals surface area contributed by atoms with Crippen LogP contribution >= 0.6 is 0 Å². The summed E-state index contributed by atoms with van der Waals surface area (Å²) in [5.74, 6) is -0.378. The minimum atomic E-state index is -4.73. The van der Waals surface area contributed by atoms with Crippen molar-refractivity contribution in [2.45, 2.75) is 18.0 Å². The molecule has 142 valence electrons. The number of rotatable bonds is 8. The summed E-state index contributed by atoms with van der Waals surface area (Å²) < 4.78 is 78.5. The predicted molar refractivity (Wildman–Crippen MR) is 87.7 cm³/mol. The van der Waals surface area contributed by atoms with Crippen LogP contribution in [0.15, 0.2) is 53.4 Å². The molecule has 0 aromatic heterocycles. The zero-order chi connectivity index (χ0) is 19.2. The molecule has 0 unspecified atom stereocenters. The molecule has 0 aliphatic heterocycles. The lowest BCUT2D eigenvalue weighted by molar-refractivity contribution is -0.138. The van der Waals surface area contributed by atoms with Crippen molar-refractivity contribution in [2.75, 3.05) is 19.8 Å². The van der Waals surface area contributed by atoms with Crippen molar-refractivity contribution in [1.29, 1.82) is 0 Å². The summed E-state index contributed by atoms with van der Waals surface area (Å²) in [6, 6.07) is 9.27. The molecule has 0 saturated carbocycles. The molecule has 0 N–H and O–H groups in total. The molecule has 0 atom stereocenters. The van der Waals surface area contributed by atoms with Gasteiger partial charge in [-0.25, -0.2) is 0 Å². The van der Waals surface area contributed by atoms with E-state index in [0.29, 0.717) is 19.0 Å². The molecule has 9 heteroatoms. The summed E-state index contributed by atoms with van der Waals surface area (Å²) >= 11 is 0. The van der Waals surface area contributed by atoms with E-state index in [1.165, 1.54) is 30.3 Å². The van der Waals surface area contributed by atoms with Crippen molar-refractivity contribution in [2.24, 2.45) is 0 Å². The SMILES string of the molecule is CCOCCOc1ccc(S(=O)(=O)Oc2ccccc2C(F)(F)F)cc1. The Morgan fingerprint density at radius 3 is 2.23 bits per heavy atom. The molecular formula is C17H17F3O5S. The monoisotopic (exact) mass is 390 g/mol. The largest absolute Gasteiger partial charge is 0.491 e. The van der Waals surface area contributed by atoms with Crippen LogP contribution in [0.25, 0.3) is 0 Å². The van der Waals surface area contributed by atoms with Crippen molar-refractivity contribution in [3.05, 3.63) is 54.1 Å². The van der Waals surface area contributed by atoms with Crippen molar-refractivity contribution in [3.63, 3.8) is 0 Å². The van der Waals surface area contributed by atoms with Crippen LogP contribution in [-0.4, -0.2) is 28.2 Å². The summed E-state index contributed by atoms with van der Waals surface area (Å²) in [6.07, 6.45) is -4.73. The van der Waals surface area contributed by atoms with Crippen molar-refractivity contribution >= 4 is 10.1 Å². The second-order valence-electron chi connectivity index (χ2n) is 5.05. The van der Waals surface area contributed by atoms with Crippen LogP contribution in [0, 0.1) is 0 Å². The normalized spacial score (nSPS) is 12.0. The van der Waals surface area contributed by atoms with E-state index in [0.717, 1.165) is 18.2 Å². The Balaban J connectivity index is 2.14. The molecule has 2 aromatic rings. The fourth-order valence-corrected chi connectivity index (χ4v) is 2.95. The summed E-state index contributed by atoms with van der Waals surface area (Å²) in [5.41, 5.74) is -1.17. The van der Waals surface area contributed by atoms with Crippen molar-refractivity contribution in [1.82, 2.24) is 0 Å². The lowest BCUT2D eigenvalue weighted by Gasteiger charge is -2.13. The number of benzene rings is 2. The highest BCUT2D eigenvalue weighted by molar-refractivity contribution is 7.87.